The van der Waals surface area contributed by atoms with E-state index in [1.54, 1.807) is 0 Å². The lowest BCUT2D eigenvalue weighted by atomic mass is 10.1. The maximum atomic E-state index is 11.0. The number of aryl methyl sites for hydroxylation is 1. The SMILES string of the molecule is Cc1cnn(Cc2ccc(Cn3cc(C(=O)O)c(Cl)n3)cc2)c1. The van der Waals surface area contributed by atoms with Crippen molar-refractivity contribution in [2.45, 2.75) is 20.0 Å². The third kappa shape index (κ3) is 3.60. The van der Waals surface area contributed by atoms with E-state index in [2.05, 4.69) is 10.2 Å². The van der Waals surface area contributed by atoms with E-state index in [1.165, 1.54) is 10.9 Å². The van der Waals surface area contributed by atoms with Crippen molar-refractivity contribution in [3.8, 4) is 0 Å². The number of nitrogens with zero attached hydrogens (tertiary/aromatic N) is 4. The molecule has 0 aliphatic carbocycles. The number of rotatable bonds is 5. The van der Waals surface area contributed by atoms with Crippen molar-refractivity contribution in [3.63, 3.8) is 0 Å². The van der Waals surface area contributed by atoms with Gasteiger partial charge in [-0.25, -0.2) is 4.79 Å². The molecule has 6 nitrogen and oxygen atoms in total. The summed E-state index contributed by atoms with van der Waals surface area (Å²) < 4.78 is 3.41. The third-order valence-electron chi connectivity index (χ3n) is 3.42. The zero-order valence-corrected chi connectivity index (χ0v) is 13.2. The number of hydrogen-bond donors (Lipinski definition) is 1. The van der Waals surface area contributed by atoms with Crippen LogP contribution in [0.1, 0.15) is 27.0 Å². The summed E-state index contributed by atoms with van der Waals surface area (Å²) in [4.78, 5) is 11.0. The minimum Gasteiger partial charge on any atom is -0.478 e. The van der Waals surface area contributed by atoms with Crippen molar-refractivity contribution in [3.05, 3.63) is 70.3 Å². The van der Waals surface area contributed by atoms with Crippen molar-refractivity contribution in [1.82, 2.24) is 19.6 Å². The fraction of sp³-hybridized carbons (Fsp3) is 0.188. The first kappa shape index (κ1) is 15.3. The highest BCUT2D eigenvalue weighted by atomic mass is 35.5. The number of carboxylic acids is 1. The maximum Gasteiger partial charge on any atom is 0.340 e. The quantitative estimate of drug-likeness (QED) is 0.780. The molecule has 0 spiro atoms. The van der Waals surface area contributed by atoms with Gasteiger partial charge in [-0.15, -0.1) is 0 Å². The Morgan fingerprint density at radius 1 is 1.13 bits per heavy atom. The Kier molecular flexibility index (Phi) is 4.16. The van der Waals surface area contributed by atoms with Gasteiger partial charge < -0.3 is 5.11 Å². The molecule has 3 aromatic rings. The summed E-state index contributed by atoms with van der Waals surface area (Å²) in [6.45, 7) is 3.19. The standard InChI is InChI=1S/C16H15ClN4O2/c1-11-6-18-20(7-11)8-12-2-4-13(5-3-12)9-21-10-14(16(22)23)15(17)19-21/h2-7,10H,8-9H2,1H3,(H,22,23). The number of carboxylic acid groups (broad SMARTS) is 1. The van der Waals surface area contributed by atoms with Crippen LogP contribution in [-0.2, 0) is 13.1 Å². The lowest BCUT2D eigenvalue weighted by Gasteiger charge is -2.05. The molecule has 2 aromatic heterocycles. The van der Waals surface area contributed by atoms with Crippen LogP contribution in [0, 0.1) is 6.92 Å². The fourth-order valence-corrected chi connectivity index (χ4v) is 2.53. The maximum absolute atomic E-state index is 11.0. The molecule has 0 atom stereocenters. The van der Waals surface area contributed by atoms with Gasteiger partial charge in [-0.2, -0.15) is 10.2 Å². The normalized spacial score (nSPS) is 10.9. The van der Waals surface area contributed by atoms with Crippen LogP contribution in [-0.4, -0.2) is 30.6 Å². The molecule has 0 aliphatic rings. The number of halogens is 1. The van der Waals surface area contributed by atoms with Crippen molar-refractivity contribution < 1.29 is 9.90 Å². The molecule has 0 unspecified atom stereocenters. The molecule has 0 saturated heterocycles. The van der Waals surface area contributed by atoms with E-state index in [9.17, 15) is 4.79 Å². The molecule has 0 radical (unpaired) electrons. The molecule has 7 heteroatoms. The van der Waals surface area contributed by atoms with Crippen LogP contribution >= 0.6 is 11.6 Å². The lowest BCUT2D eigenvalue weighted by Crippen LogP contribution is -2.02. The van der Waals surface area contributed by atoms with Gasteiger partial charge in [-0.05, 0) is 23.6 Å². The molecule has 118 valence electrons. The Bertz CT molecular complexity index is 836. The summed E-state index contributed by atoms with van der Waals surface area (Å²) in [5, 5.41) is 17.2. The van der Waals surface area contributed by atoms with E-state index < -0.39 is 5.97 Å². The molecule has 1 aromatic carbocycles. The van der Waals surface area contributed by atoms with Gasteiger partial charge in [0.2, 0.25) is 0 Å². The van der Waals surface area contributed by atoms with Crippen LogP contribution in [0.2, 0.25) is 5.15 Å². The molecule has 0 fully saturated rings. The predicted octanol–water partition coefficient (Wildman–Crippen LogP) is 2.84. The largest absolute Gasteiger partial charge is 0.478 e. The Morgan fingerprint density at radius 3 is 2.22 bits per heavy atom. The van der Waals surface area contributed by atoms with E-state index in [0.29, 0.717) is 13.1 Å². The highest BCUT2D eigenvalue weighted by molar-refractivity contribution is 6.32. The molecule has 2 heterocycles. The van der Waals surface area contributed by atoms with Gasteiger partial charge in [0.05, 0.1) is 19.3 Å². The first-order valence-electron chi connectivity index (χ1n) is 7.04. The smallest absolute Gasteiger partial charge is 0.340 e. The molecular weight excluding hydrogens is 316 g/mol. The first-order chi connectivity index (χ1) is 11.0. The minimum absolute atomic E-state index is 0.00294. The van der Waals surface area contributed by atoms with Gasteiger partial charge in [-0.3, -0.25) is 9.36 Å². The van der Waals surface area contributed by atoms with E-state index in [4.69, 9.17) is 16.7 Å². The second-order valence-corrected chi connectivity index (χ2v) is 5.73. The highest BCUT2D eigenvalue weighted by Crippen LogP contribution is 2.15. The number of benzene rings is 1. The van der Waals surface area contributed by atoms with E-state index >= 15 is 0 Å². The molecule has 0 bridgehead atoms. The average Bonchev–Trinajstić information content (AvgIpc) is 3.07. The molecule has 0 amide bonds. The van der Waals surface area contributed by atoms with E-state index in [-0.39, 0.29) is 10.7 Å². The van der Waals surface area contributed by atoms with Crippen LogP contribution in [0.25, 0.3) is 0 Å². The minimum atomic E-state index is -1.08. The summed E-state index contributed by atoms with van der Waals surface area (Å²) >= 11 is 5.80. The summed E-state index contributed by atoms with van der Waals surface area (Å²) in [6, 6.07) is 8.02. The Labute approximate surface area is 137 Å². The number of aromatic nitrogens is 4. The summed E-state index contributed by atoms with van der Waals surface area (Å²) in [5.74, 6) is -1.08. The Balaban J connectivity index is 1.70. The number of carbonyl (C=O) groups is 1. The monoisotopic (exact) mass is 330 g/mol. The van der Waals surface area contributed by atoms with Crippen LogP contribution in [0.5, 0.6) is 0 Å². The molecule has 23 heavy (non-hydrogen) atoms. The fourth-order valence-electron chi connectivity index (χ4n) is 2.30. The molecular formula is C16H15ClN4O2. The summed E-state index contributed by atoms with van der Waals surface area (Å²) in [5.41, 5.74) is 3.30. The average molecular weight is 331 g/mol. The second-order valence-electron chi connectivity index (χ2n) is 5.37. The molecule has 0 saturated carbocycles. The first-order valence-corrected chi connectivity index (χ1v) is 7.42. The molecule has 1 N–H and O–H groups in total. The number of hydrogen-bond acceptors (Lipinski definition) is 3. The zero-order chi connectivity index (χ0) is 16.4. The topological polar surface area (TPSA) is 72.9 Å². The van der Waals surface area contributed by atoms with Crippen molar-refractivity contribution >= 4 is 17.6 Å². The number of aromatic carboxylic acids is 1. The van der Waals surface area contributed by atoms with Crippen LogP contribution in [0.4, 0.5) is 0 Å². The third-order valence-corrected chi connectivity index (χ3v) is 3.70. The van der Waals surface area contributed by atoms with Crippen LogP contribution < -0.4 is 0 Å². The lowest BCUT2D eigenvalue weighted by molar-refractivity contribution is 0.0697. The summed E-state index contributed by atoms with van der Waals surface area (Å²) in [6.07, 6.45) is 5.26. The van der Waals surface area contributed by atoms with E-state index in [0.717, 1.165) is 16.7 Å². The molecule has 0 aliphatic heterocycles. The van der Waals surface area contributed by atoms with Crippen molar-refractivity contribution in [2.24, 2.45) is 0 Å². The van der Waals surface area contributed by atoms with Crippen molar-refractivity contribution in [1.29, 1.82) is 0 Å². The van der Waals surface area contributed by atoms with Gasteiger partial charge >= 0.3 is 5.97 Å². The highest BCUT2D eigenvalue weighted by Gasteiger charge is 2.13. The summed E-state index contributed by atoms with van der Waals surface area (Å²) in [7, 11) is 0. The second kappa shape index (κ2) is 6.26. The predicted molar refractivity (Wildman–Crippen MR) is 85.8 cm³/mol. The van der Waals surface area contributed by atoms with Crippen LogP contribution in [0.15, 0.2) is 42.9 Å². The zero-order valence-electron chi connectivity index (χ0n) is 12.5. The van der Waals surface area contributed by atoms with Gasteiger partial charge in [0.15, 0.2) is 5.15 Å². The van der Waals surface area contributed by atoms with Gasteiger partial charge in [0.25, 0.3) is 0 Å². The van der Waals surface area contributed by atoms with Gasteiger partial charge in [0.1, 0.15) is 5.56 Å². The van der Waals surface area contributed by atoms with Gasteiger partial charge in [0, 0.05) is 12.4 Å². The van der Waals surface area contributed by atoms with Crippen molar-refractivity contribution in [2.75, 3.05) is 0 Å². The molecule has 3 rings (SSSR count). The Morgan fingerprint density at radius 2 is 1.74 bits per heavy atom. The van der Waals surface area contributed by atoms with Crippen LogP contribution in [0.3, 0.4) is 0 Å². The van der Waals surface area contributed by atoms with E-state index in [1.807, 2.05) is 48.3 Å². The Hall–Kier alpha value is -2.60. The van der Waals surface area contributed by atoms with Gasteiger partial charge in [-0.1, -0.05) is 35.9 Å².